The van der Waals surface area contributed by atoms with Crippen molar-refractivity contribution in [2.45, 2.75) is 6.18 Å². The number of rotatable bonds is 4. The monoisotopic (exact) mass is 302 g/mol. The Labute approximate surface area is 118 Å². The number of carbonyl (C=O) groups is 2. The molecule has 0 aromatic heterocycles. The van der Waals surface area contributed by atoms with Crippen molar-refractivity contribution >= 4 is 23.8 Å². The van der Waals surface area contributed by atoms with E-state index in [1.165, 1.54) is 18.2 Å². The maximum Gasteiger partial charge on any atom is 0.406 e. The minimum atomic E-state index is -4.47. The first-order valence-electron chi connectivity index (χ1n) is 5.77. The Morgan fingerprint density at radius 2 is 2.05 bits per heavy atom. The molecule has 1 aromatic carbocycles. The molecule has 0 unspecified atom stereocenters. The number of benzene rings is 1. The lowest BCUT2D eigenvalue weighted by Crippen LogP contribution is -2.38. The van der Waals surface area contributed by atoms with Gasteiger partial charge in [-0.05, 0) is 23.8 Å². The van der Waals surface area contributed by atoms with E-state index in [0.29, 0.717) is 10.5 Å². The molecule has 114 valence electrons. The first-order valence-corrected chi connectivity index (χ1v) is 5.77. The Kier molecular flexibility index (Phi) is 5.34. The third-order valence-electron chi connectivity index (χ3n) is 2.32. The van der Waals surface area contributed by atoms with Gasteiger partial charge in [0.25, 0.3) is 0 Å². The zero-order valence-corrected chi connectivity index (χ0v) is 11.0. The molecule has 21 heavy (non-hydrogen) atoms. The summed E-state index contributed by atoms with van der Waals surface area (Å²) in [4.78, 5) is 22.5. The summed E-state index contributed by atoms with van der Waals surface area (Å²) in [6.45, 7) is -1.36. The summed E-state index contributed by atoms with van der Waals surface area (Å²) in [7, 11) is 1.02. The highest BCUT2D eigenvalue weighted by atomic mass is 19.4. The van der Waals surface area contributed by atoms with Crippen molar-refractivity contribution in [3.05, 3.63) is 35.9 Å². The standard InChI is InChI=1S/C13H13F3N2O3/c1-18(8-13(14,15)16)12(21)17-10-4-2-3-9(7-10)5-6-11(19)20/h2-7H,8H2,1H3,(H,17,21)(H,19,20)/b6-5+. The second-order valence-corrected chi connectivity index (χ2v) is 4.20. The third-order valence-corrected chi connectivity index (χ3v) is 2.32. The number of halogens is 3. The Morgan fingerprint density at radius 1 is 1.38 bits per heavy atom. The number of amides is 2. The number of hydrogen-bond donors (Lipinski definition) is 2. The number of carbonyl (C=O) groups excluding carboxylic acids is 1. The molecule has 0 heterocycles. The predicted molar refractivity (Wildman–Crippen MR) is 70.8 cm³/mol. The molecule has 0 fully saturated rings. The van der Waals surface area contributed by atoms with Gasteiger partial charge in [0.1, 0.15) is 6.54 Å². The van der Waals surface area contributed by atoms with Gasteiger partial charge >= 0.3 is 18.2 Å². The fourth-order valence-corrected chi connectivity index (χ4v) is 1.45. The maximum atomic E-state index is 12.2. The molecule has 0 spiro atoms. The van der Waals surface area contributed by atoms with E-state index in [2.05, 4.69) is 5.32 Å². The van der Waals surface area contributed by atoms with Crippen molar-refractivity contribution in [3.63, 3.8) is 0 Å². The summed E-state index contributed by atoms with van der Waals surface area (Å²) in [5.41, 5.74) is 0.759. The lowest BCUT2D eigenvalue weighted by atomic mass is 10.2. The fourth-order valence-electron chi connectivity index (χ4n) is 1.45. The second-order valence-electron chi connectivity index (χ2n) is 4.20. The van der Waals surface area contributed by atoms with Gasteiger partial charge < -0.3 is 15.3 Å². The van der Waals surface area contributed by atoms with Gasteiger partial charge in [-0.25, -0.2) is 9.59 Å². The maximum absolute atomic E-state index is 12.2. The molecule has 0 aliphatic rings. The SMILES string of the molecule is CN(CC(F)(F)F)C(=O)Nc1cccc(/C=C/C(=O)O)c1. The fraction of sp³-hybridized carbons (Fsp3) is 0.231. The van der Waals surface area contributed by atoms with Crippen molar-refractivity contribution in [2.75, 3.05) is 18.9 Å². The number of carboxylic acids is 1. The highest BCUT2D eigenvalue weighted by molar-refractivity contribution is 5.90. The van der Waals surface area contributed by atoms with Crippen LogP contribution in [0.2, 0.25) is 0 Å². The van der Waals surface area contributed by atoms with Crippen LogP contribution in [-0.4, -0.2) is 41.8 Å². The van der Waals surface area contributed by atoms with E-state index in [1.54, 1.807) is 12.1 Å². The molecule has 0 atom stereocenters. The molecule has 0 saturated carbocycles. The molecule has 8 heteroatoms. The number of carboxylic acid groups (broad SMARTS) is 1. The van der Waals surface area contributed by atoms with Crippen LogP contribution in [0.3, 0.4) is 0 Å². The summed E-state index contributed by atoms with van der Waals surface area (Å²) in [6.07, 6.45) is -2.26. The zero-order valence-electron chi connectivity index (χ0n) is 11.0. The van der Waals surface area contributed by atoms with Crippen LogP contribution in [0.5, 0.6) is 0 Å². The molecule has 2 N–H and O–H groups in total. The zero-order chi connectivity index (χ0) is 16.0. The van der Waals surface area contributed by atoms with Crippen LogP contribution >= 0.6 is 0 Å². The van der Waals surface area contributed by atoms with Crippen LogP contribution in [0.4, 0.5) is 23.7 Å². The predicted octanol–water partition coefficient (Wildman–Crippen LogP) is 2.81. The summed E-state index contributed by atoms with van der Waals surface area (Å²) in [5.74, 6) is -1.13. The second kappa shape index (κ2) is 6.78. The average Bonchev–Trinajstić information content (AvgIpc) is 2.34. The van der Waals surface area contributed by atoms with Gasteiger partial charge in [0.15, 0.2) is 0 Å². The van der Waals surface area contributed by atoms with E-state index in [1.807, 2.05) is 0 Å². The summed E-state index contributed by atoms with van der Waals surface area (Å²) in [6, 6.07) is 5.15. The van der Waals surface area contributed by atoms with Crippen LogP contribution in [0.1, 0.15) is 5.56 Å². The first-order chi connectivity index (χ1) is 9.67. The van der Waals surface area contributed by atoms with Crippen molar-refractivity contribution in [1.82, 2.24) is 4.90 Å². The van der Waals surface area contributed by atoms with Crippen molar-refractivity contribution in [3.8, 4) is 0 Å². The van der Waals surface area contributed by atoms with E-state index in [-0.39, 0.29) is 5.69 Å². The van der Waals surface area contributed by atoms with Crippen LogP contribution in [0.25, 0.3) is 6.08 Å². The average molecular weight is 302 g/mol. The Morgan fingerprint density at radius 3 is 2.62 bits per heavy atom. The highest BCUT2D eigenvalue weighted by Gasteiger charge is 2.31. The van der Waals surface area contributed by atoms with E-state index >= 15 is 0 Å². The van der Waals surface area contributed by atoms with Gasteiger partial charge in [-0.15, -0.1) is 0 Å². The number of anilines is 1. The summed E-state index contributed by atoms with van der Waals surface area (Å²) in [5, 5.41) is 10.8. The Bertz CT molecular complexity index is 556. The molecule has 0 radical (unpaired) electrons. The third kappa shape index (κ3) is 6.46. The van der Waals surface area contributed by atoms with E-state index in [9.17, 15) is 22.8 Å². The Balaban J connectivity index is 2.72. The van der Waals surface area contributed by atoms with Crippen molar-refractivity contribution in [2.24, 2.45) is 0 Å². The highest BCUT2D eigenvalue weighted by Crippen LogP contribution is 2.17. The topological polar surface area (TPSA) is 69.6 Å². The molecule has 0 saturated heterocycles. The van der Waals surface area contributed by atoms with E-state index in [0.717, 1.165) is 13.1 Å². The van der Waals surface area contributed by atoms with Crippen LogP contribution in [0.15, 0.2) is 30.3 Å². The molecule has 0 bridgehead atoms. The minimum absolute atomic E-state index is 0.265. The molecule has 0 aliphatic carbocycles. The summed E-state index contributed by atoms with van der Waals surface area (Å²) >= 11 is 0. The van der Waals surface area contributed by atoms with Gasteiger partial charge in [-0.1, -0.05) is 12.1 Å². The minimum Gasteiger partial charge on any atom is -0.478 e. The van der Waals surface area contributed by atoms with Gasteiger partial charge in [0.2, 0.25) is 0 Å². The number of nitrogens with zero attached hydrogens (tertiary/aromatic N) is 1. The summed E-state index contributed by atoms with van der Waals surface area (Å²) < 4.78 is 36.5. The number of aliphatic carboxylic acids is 1. The number of alkyl halides is 3. The van der Waals surface area contributed by atoms with Crippen LogP contribution < -0.4 is 5.32 Å². The van der Waals surface area contributed by atoms with Gasteiger partial charge in [-0.2, -0.15) is 13.2 Å². The molecular formula is C13H13F3N2O3. The molecule has 0 aliphatic heterocycles. The molecule has 2 amide bonds. The van der Waals surface area contributed by atoms with Crippen molar-refractivity contribution < 1.29 is 27.9 Å². The number of nitrogens with one attached hydrogen (secondary N) is 1. The van der Waals surface area contributed by atoms with Crippen molar-refractivity contribution in [1.29, 1.82) is 0 Å². The largest absolute Gasteiger partial charge is 0.478 e. The van der Waals surface area contributed by atoms with Crippen LogP contribution in [-0.2, 0) is 4.79 Å². The Hall–Kier alpha value is -2.51. The van der Waals surface area contributed by atoms with Crippen LogP contribution in [0, 0.1) is 0 Å². The number of hydrogen-bond acceptors (Lipinski definition) is 2. The number of urea groups is 1. The van der Waals surface area contributed by atoms with E-state index in [4.69, 9.17) is 5.11 Å². The molecule has 5 nitrogen and oxygen atoms in total. The quantitative estimate of drug-likeness (QED) is 0.840. The molecule has 1 aromatic rings. The smallest absolute Gasteiger partial charge is 0.406 e. The van der Waals surface area contributed by atoms with E-state index < -0.39 is 24.7 Å². The lowest BCUT2D eigenvalue weighted by Gasteiger charge is -2.19. The van der Waals surface area contributed by atoms with Gasteiger partial charge in [0.05, 0.1) is 0 Å². The first kappa shape index (κ1) is 16.5. The normalized spacial score (nSPS) is 11.4. The lowest BCUT2D eigenvalue weighted by molar-refractivity contribution is -0.137. The van der Waals surface area contributed by atoms with Gasteiger partial charge in [0, 0.05) is 18.8 Å². The van der Waals surface area contributed by atoms with Gasteiger partial charge in [-0.3, -0.25) is 0 Å². The molecule has 1 rings (SSSR count). The molecular weight excluding hydrogens is 289 g/mol.